The van der Waals surface area contributed by atoms with Crippen LogP contribution in [0.1, 0.15) is 5.69 Å². The molecule has 2 rings (SSSR count). The monoisotopic (exact) mass is 352 g/mol. The minimum absolute atomic E-state index is 0.0426. The summed E-state index contributed by atoms with van der Waals surface area (Å²) in [6, 6.07) is 7.31. The van der Waals surface area contributed by atoms with Crippen molar-refractivity contribution in [2.45, 2.75) is 6.18 Å². The van der Waals surface area contributed by atoms with Gasteiger partial charge >= 0.3 is 12.1 Å². The Morgan fingerprint density at radius 3 is 2.56 bits per heavy atom. The maximum Gasteiger partial charge on any atom is 0.471 e. The average molecular weight is 352 g/mol. The summed E-state index contributed by atoms with van der Waals surface area (Å²) in [4.78, 5) is 24.7. The molecule has 8 nitrogen and oxygen atoms in total. The molecule has 0 atom stereocenters. The lowest BCUT2D eigenvalue weighted by molar-refractivity contribution is -0.384. The van der Waals surface area contributed by atoms with Crippen molar-refractivity contribution in [3.63, 3.8) is 0 Å². The normalized spacial score (nSPS) is 10.6. The average Bonchev–Trinajstić information content (AvgIpc) is 2.55. The molecular formula is C14H7F3N4O4. The van der Waals surface area contributed by atoms with Gasteiger partial charge in [-0.25, -0.2) is 4.98 Å². The van der Waals surface area contributed by atoms with Crippen molar-refractivity contribution in [2.24, 2.45) is 0 Å². The number of nitrogens with zero attached hydrogens (tertiary/aromatic N) is 3. The predicted octanol–water partition coefficient (Wildman–Crippen LogP) is 3.15. The first-order valence-electron chi connectivity index (χ1n) is 6.41. The largest absolute Gasteiger partial charge is 0.471 e. The quantitative estimate of drug-likeness (QED) is 0.667. The first-order chi connectivity index (χ1) is 11.7. The van der Waals surface area contributed by atoms with Gasteiger partial charge in [-0.3, -0.25) is 14.9 Å². The van der Waals surface area contributed by atoms with Crippen LogP contribution < -0.4 is 10.1 Å². The van der Waals surface area contributed by atoms with Crippen LogP contribution in [-0.2, 0) is 4.79 Å². The first-order valence-corrected chi connectivity index (χ1v) is 6.41. The van der Waals surface area contributed by atoms with E-state index in [2.05, 4.69) is 4.98 Å². The zero-order valence-corrected chi connectivity index (χ0v) is 12.1. The topological polar surface area (TPSA) is 118 Å². The molecule has 0 spiro atoms. The van der Waals surface area contributed by atoms with Crippen molar-refractivity contribution in [1.82, 2.24) is 4.98 Å². The number of nitro groups is 1. The van der Waals surface area contributed by atoms with Gasteiger partial charge in [-0.15, -0.1) is 0 Å². The molecule has 0 fully saturated rings. The summed E-state index contributed by atoms with van der Waals surface area (Å²) in [5.74, 6) is -2.27. The molecule has 0 saturated heterocycles. The Morgan fingerprint density at radius 2 is 1.96 bits per heavy atom. The zero-order valence-electron chi connectivity index (χ0n) is 12.1. The number of pyridine rings is 1. The number of rotatable bonds is 4. The number of benzene rings is 1. The van der Waals surface area contributed by atoms with E-state index in [1.807, 2.05) is 0 Å². The minimum atomic E-state index is -5.19. The molecule has 128 valence electrons. The Morgan fingerprint density at radius 1 is 1.28 bits per heavy atom. The first kappa shape index (κ1) is 17.7. The van der Waals surface area contributed by atoms with E-state index in [9.17, 15) is 28.1 Å². The Bertz CT molecular complexity index is 877. The molecule has 1 aromatic carbocycles. The van der Waals surface area contributed by atoms with Crippen LogP contribution >= 0.6 is 0 Å². The molecule has 25 heavy (non-hydrogen) atoms. The smallest absolute Gasteiger partial charge is 0.457 e. The molecule has 0 aliphatic rings. The number of nitro benzene ring substituents is 1. The molecule has 1 aromatic heterocycles. The maximum atomic E-state index is 12.3. The van der Waals surface area contributed by atoms with E-state index < -0.39 is 28.4 Å². The minimum Gasteiger partial charge on any atom is -0.457 e. The van der Waals surface area contributed by atoms with E-state index >= 15 is 0 Å². The summed E-state index contributed by atoms with van der Waals surface area (Å²) in [5.41, 5.74) is -1.38. The summed E-state index contributed by atoms with van der Waals surface area (Å²) >= 11 is 0. The van der Waals surface area contributed by atoms with E-state index in [0.29, 0.717) is 0 Å². The fourth-order valence-electron chi connectivity index (χ4n) is 1.70. The highest BCUT2D eigenvalue weighted by Gasteiger charge is 2.39. The van der Waals surface area contributed by atoms with E-state index in [1.54, 1.807) is 6.07 Å². The molecule has 0 saturated carbocycles. The van der Waals surface area contributed by atoms with Gasteiger partial charge in [0.2, 0.25) is 0 Å². The van der Waals surface area contributed by atoms with Crippen LogP contribution in [0.5, 0.6) is 11.5 Å². The third-order valence-electron chi connectivity index (χ3n) is 2.75. The highest BCUT2D eigenvalue weighted by atomic mass is 19.4. The number of anilines is 1. The van der Waals surface area contributed by atoms with Crippen LogP contribution in [0.2, 0.25) is 0 Å². The third-order valence-corrected chi connectivity index (χ3v) is 2.75. The number of nitrogens with one attached hydrogen (secondary N) is 1. The summed E-state index contributed by atoms with van der Waals surface area (Å²) in [7, 11) is 0. The molecular weight excluding hydrogens is 345 g/mol. The molecule has 0 radical (unpaired) electrons. The van der Waals surface area contributed by atoms with Crippen molar-refractivity contribution in [2.75, 3.05) is 5.32 Å². The van der Waals surface area contributed by atoms with Crippen LogP contribution in [0.3, 0.4) is 0 Å². The van der Waals surface area contributed by atoms with Crippen LogP contribution in [0.4, 0.5) is 24.5 Å². The molecule has 0 bridgehead atoms. The number of amides is 1. The number of carbonyl (C=O) groups excluding carboxylic acids is 1. The summed E-state index contributed by atoms with van der Waals surface area (Å²) in [6.07, 6.45) is -3.91. The van der Waals surface area contributed by atoms with Crippen molar-refractivity contribution < 1.29 is 27.6 Å². The van der Waals surface area contributed by atoms with Gasteiger partial charge in [0.25, 0.3) is 5.69 Å². The number of halogens is 3. The molecule has 11 heteroatoms. The fraction of sp³-hybridized carbons (Fsp3) is 0.0714. The predicted molar refractivity (Wildman–Crippen MR) is 76.8 cm³/mol. The number of carbonyl (C=O) groups is 1. The number of alkyl halides is 3. The van der Waals surface area contributed by atoms with Crippen molar-refractivity contribution in [1.29, 1.82) is 5.26 Å². The second kappa shape index (κ2) is 6.83. The van der Waals surface area contributed by atoms with Gasteiger partial charge in [0.05, 0.1) is 11.0 Å². The molecule has 0 unspecified atom stereocenters. The lowest BCUT2D eigenvalue weighted by Gasteiger charge is -2.10. The van der Waals surface area contributed by atoms with Crippen LogP contribution in [0, 0.1) is 21.4 Å². The van der Waals surface area contributed by atoms with E-state index in [1.165, 1.54) is 23.6 Å². The SMILES string of the molecule is N#Cc1cc(Oc2ccc(NC(=O)C(F)(F)F)c([N+](=O)[O-])c2)ccn1. The number of ether oxygens (including phenoxy) is 1. The van der Waals surface area contributed by atoms with Gasteiger partial charge in [-0.2, -0.15) is 18.4 Å². The summed E-state index contributed by atoms with van der Waals surface area (Å²) in [6.45, 7) is 0. The molecule has 2 aromatic rings. The Labute approximate surface area is 137 Å². The highest BCUT2D eigenvalue weighted by molar-refractivity contribution is 5.96. The van der Waals surface area contributed by atoms with Gasteiger partial charge in [-0.05, 0) is 18.2 Å². The van der Waals surface area contributed by atoms with Gasteiger partial charge < -0.3 is 10.1 Å². The third kappa shape index (κ3) is 4.41. The molecule has 1 heterocycles. The van der Waals surface area contributed by atoms with Crippen molar-refractivity contribution >= 4 is 17.3 Å². The highest BCUT2D eigenvalue weighted by Crippen LogP contribution is 2.32. The second-order valence-electron chi connectivity index (χ2n) is 4.48. The Hall–Kier alpha value is -3.68. The number of hydrogen-bond donors (Lipinski definition) is 1. The van der Waals surface area contributed by atoms with Gasteiger partial charge in [-0.1, -0.05) is 0 Å². The maximum absolute atomic E-state index is 12.3. The van der Waals surface area contributed by atoms with Crippen LogP contribution in [-0.4, -0.2) is 22.0 Å². The van der Waals surface area contributed by atoms with E-state index in [-0.39, 0.29) is 17.2 Å². The van der Waals surface area contributed by atoms with Crippen molar-refractivity contribution in [3.8, 4) is 17.6 Å². The van der Waals surface area contributed by atoms with Crippen LogP contribution in [0.25, 0.3) is 0 Å². The molecule has 0 aliphatic heterocycles. The van der Waals surface area contributed by atoms with Crippen molar-refractivity contribution in [3.05, 3.63) is 52.3 Å². The Kier molecular flexibility index (Phi) is 4.83. The van der Waals surface area contributed by atoms with Gasteiger partial charge in [0.15, 0.2) is 0 Å². The Balaban J connectivity index is 2.31. The fourth-order valence-corrected chi connectivity index (χ4v) is 1.70. The molecule has 1 N–H and O–H groups in total. The summed E-state index contributed by atoms with van der Waals surface area (Å²) in [5, 5.41) is 21.2. The standard InChI is InChI=1S/C14H7F3N4O4/c15-14(16,17)13(22)20-11-2-1-9(6-12(11)21(23)24)25-10-3-4-19-8(5-10)7-18/h1-6H,(H,20,22). The van der Waals surface area contributed by atoms with Crippen LogP contribution in [0.15, 0.2) is 36.5 Å². The molecule has 0 aliphatic carbocycles. The lowest BCUT2D eigenvalue weighted by atomic mass is 10.2. The lowest BCUT2D eigenvalue weighted by Crippen LogP contribution is -2.30. The summed E-state index contributed by atoms with van der Waals surface area (Å²) < 4.78 is 42.1. The van der Waals surface area contributed by atoms with E-state index in [0.717, 1.165) is 18.2 Å². The number of aromatic nitrogens is 1. The second-order valence-corrected chi connectivity index (χ2v) is 4.48. The zero-order chi connectivity index (χ0) is 18.6. The number of nitriles is 1. The van der Waals surface area contributed by atoms with Gasteiger partial charge in [0.1, 0.15) is 28.9 Å². The van der Waals surface area contributed by atoms with Gasteiger partial charge in [0, 0.05) is 12.3 Å². The molecule has 1 amide bonds. The number of hydrogen-bond acceptors (Lipinski definition) is 6. The van der Waals surface area contributed by atoms with E-state index in [4.69, 9.17) is 10.00 Å².